The van der Waals surface area contributed by atoms with Crippen molar-refractivity contribution in [3.63, 3.8) is 0 Å². The van der Waals surface area contributed by atoms with Gasteiger partial charge in [-0.25, -0.2) is 0 Å². The quantitative estimate of drug-likeness (QED) is 0.819. The van der Waals surface area contributed by atoms with Gasteiger partial charge in [0.15, 0.2) is 0 Å². The zero-order chi connectivity index (χ0) is 17.8. The van der Waals surface area contributed by atoms with Crippen molar-refractivity contribution < 1.29 is 9.59 Å². The summed E-state index contributed by atoms with van der Waals surface area (Å²) in [5, 5.41) is 3.25. The summed E-state index contributed by atoms with van der Waals surface area (Å²) in [7, 11) is 0. The summed E-state index contributed by atoms with van der Waals surface area (Å²) in [4.78, 5) is 29.0. The van der Waals surface area contributed by atoms with E-state index in [0.29, 0.717) is 26.1 Å². The predicted molar refractivity (Wildman–Crippen MR) is 105 cm³/mol. The van der Waals surface area contributed by atoms with Crippen molar-refractivity contribution in [1.82, 2.24) is 15.1 Å². The zero-order valence-electron chi connectivity index (χ0n) is 15.5. The van der Waals surface area contributed by atoms with Gasteiger partial charge in [-0.15, -0.1) is 12.4 Å². The molecular weight excluding hydrogens is 350 g/mol. The molecule has 142 valence electrons. The van der Waals surface area contributed by atoms with Gasteiger partial charge in [-0.05, 0) is 32.4 Å². The van der Waals surface area contributed by atoms with Gasteiger partial charge in [0.1, 0.15) is 6.04 Å². The lowest BCUT2D eigenvalue weighted by atomic mass is 10.0. The number of carbonyl (C=O) groups is 2. The molecule has 3 rings (SSSR count). The molecule has 1 saturated heterocycles. The predicted octanol–water partition coefficient (Wildman–Crippen LogP) is 2.29. The third-order valence-corrected chi connectivity index (χ3v) is 5.06. The summed E-state index contributed by atoms with van der Waals surface area (Å²) in [6, 6.07) is 7.85. The van der Waals surface area contributed by atoms with Crippen LogP contribution in [0.3, 0.4) is 0 Å². The van der Waals surface area contributed by atoms with Crippen LogP contribution < -0.4 is 5.32 Å². The van der Waals surface area contributed by atoms with Crippen molar-refractivity contribution in [3.05, 3.63) is 47.0 Å². The fourth-order valence-corrected chi connectivity index (χ4v) is 3.58. The number of hydrogen-bond acceptors (Lipinski definition) is 3. The van der Waals surface area contributed by atoms with Gasteiger partial charge < -0.3 is 15.1 Å². The number of amides is 2. The maximum atomic E-state index is 12.7. The van der Waals surface area contributed by atoms with E-state index in [4.69, 9.17) is 0 Å². The largest absolute Gasteiger partial charge is 0.335 e. The standard InChI is InChI=1S/C20H27N3O2.ClH/c1-15-4-3-5-18(12-15)14-22-10-11-23(16(2)20(22)25)19(24)13-17-6-8-21-9-7-17;/h3-6,12,16,21H,7-11,13-14H2,1-2H3;1H. The molecule has 0 bridgehead atoms. The van der Waals surface area contributed by atoms with E-state index in [1.54, 1.807) is 4.90 Å². The van der Waals surface area contributed by atoms with Crippen LogP contribution >= 0.6 is 12.4 Å². The van der Waals surface area contributed by atoms with E-state index in [1.165, 1.54) is 11.1 Å². The monoisotopic (exact) mass is 377 g/mol. The summed E-state index contributed by atoms with van der Waals surface area (Å²) < 4.78 is 0. The molecule has 1 atom stereocenters. The second-order valence-electron chi connectivity index (χ2n) is 7.01. The Morgan fingerprint density at radius 2 is 2.12 bits per heavy atom. The maximum absolute atomic E-state index is 12.7. The first kappa shape index (κ1) is 20.5. The van der Waals surface area contributed by atoms with Crippen molar-refractivity contribution in [2.45, 2.75) is 39.3 Å². The molecule has 1 fully saturated rings. The minimum absolute atomic E-state index is 0. The van der Waals surface area contributed by atoms with Gasteiger partial charge >= 0.3 is 0 Å². The van der Waals surface area contributed by atoms with E-state index in [2.05, 4.69) is 30.4 Å². The number of carbonyl (C=O) groups excluding carboxylic acids is 2. The first-order valence-corrected chi connectivity index (χ1v) is 9.07. The smallest absolute Gasteiger partial charge is 0.245 e. The molecule has 6 heteroatoms. The highest BCUT2D eigenvalue weighted by Gasteiger charge is 2.34. The third kappa shape index (κ3) is 4.86. The molecule has 2 aliphatic heterocycles. The van der Waals surface area contributed by atoms with Crippen molar-refractivity contribution in [2.24, 2.45) is 0 Å². The Bertz CT molecular complexity index is 689. The summed E-state index contributed by atoms with van der Waals surface area (Å²) in [6.45, 7) is 7.49. The van der Waals surface area contributed by atoms with Crippen molar-refractivity contribution in [2.75, 3.05) is 26.2 Å². The van der Waals surface area contributed by atoms with E-state index in [9.17, 15) is 9.59 Å². The molecule has 0 spiro atoms. The molecule has 2 heterocycles. The topological polar surface area (TPSA) is 52.6 Å². The molecular formula is C20H28ClN3O2. The van der Waals surface area contributed by atoms with Crippen LogP contribution in [0.15, 0.2) is 35.9 Å². The number of nitrogens with one attached hydrogen (secondary N) is 1. The van der Waals surface area contributed by atoms with Gasteiger partial charge in [0.2, 0.25) is 11.8 Å². The number of benzene rings is 1. The van der Waals surface area contributed by atoms with Gasteiger partial charge in [0.05, 0.1) is 0 Å². The van der Waals surface area contributed by atoms with E-state index < -0.39 is 0 Å². The summed E-state index contributed by atoms with van der Waals surface area (Å²) in [6.07, 6.45) is 3.46. The zero-order valence-corrected chi connectivity index (χ0v) is 16.3. The maximum Gasteiger partial charge on any atom is 0.245 e. The molecule has 1 aromatic rings. The number of hydrogen-bond donors (Lipinski definition) is 1. The van der Waals surface area contributed by atoms with Crippen molar-refractivity contribution in [3.8, 4) is 0 Å². The molecule has 5 nitrogen and oxygen atoms in total. The lowest BCUT2D eigenvalue weighted by Gasteiger charge is -2.39. The van der Waals surface area contributed by atoms with Crippen LogP contribution in [0.1, 0.15) is 30.9 Å². The first-order chi connectivity index (χ1) is 12.0. The van der Waals surface area contributed by atoms with Crippen LogP contribution in [0.25, 0.3) is 0 Å². The highest BCUT2D eigenvalue weighted by molar-refractivity contribution is 5.89. The number of halogens is 1. The average Bonchev–Trinajstić information content (AvgIpc) is 2.60. The Hall–Kier alpha value is -1.85. The Morgan fingerprint density at radius 3 is 2.81 bits per heavy atom. The fraction of sp³-hybridized carbons (Fsp3) is 0.500. The Labute approximate surface area is 161 Å². The highest BCUT2D eigenvalue weighted by atomic mass is 35.5. The number of rotatable bonds is 4. The van der Waals surface area contributed by atoms with Crippen molar-refractivity contribution >= 4 is 24.2 Å². The van der Waals surface area contributed by atoms with Crippen LogP contribution in [-0.2, 0) is 16.1 Å². The Balaban J connectivity index is 0.00000243. The highest BCUT2D eigenvalue weighted by Crippen LogP contribution is 2.19. The minimum Gasteiger partial charge on any atom is -0.335 e. The number of nitrogens with zero attached hydrogens (tertiary/aromatic N) is 2. The molecule has 2 aliphatic rings. The van der Waals surface area contributed by atoms with Crippen LogP contribution in [0.4, 0.5) is 0 Å². The van der Waals surface area contributed by atoms with Crippen molar-refractivity contribution in [1.29, 1.82) is 0 Å². The molecule has 1 aromatic carbocycles. The second-order valence-corrected chi connectivity index (χ2v) is 7.01. The molecule has 0 radical (unpaired) electrons. The summed E-state index contributed by atoms with van der Waals surface area (Å²) >= 11 is 0. The van der Waals surface area contributed by atoms with E-state index >= 15 is 0 Å². The molecule has 1 N–H and O–H groups in total. The molecule has 2 amide bonds. The van der Waals surface area contributed by atoms with Crippen LogP contribution in [-0.4, -0.2) is 53.8 Å². The van der Waals surface area contributed by atoms with Crippen LogP contribution in [0, 0.1) is 6.92 Å². The SMILES string of the molecule is Cc1cccc(CN2CCN(C(=O)CC3=CCNCC3)C(C)C2=O)c1.Cl. The van der Waals surface area contributed by atoms with Crippen LogP contribution in [0.5, 0.6) is 0 Å². The molecule has 1 unspecified atom stereocenters. The normalized spacial score (nSPS) is 20.5. The van der Waals surface area contributed by atoms with E-state index in [-0.39, 0.29) is 30.3 Å². The molecule has 0 aromatic heterocycles. The van der Waals surface area contributed by atoms with E-state index in [1.807, 2.05) is 24.0 Å². The van der Waals surface area contributed by atoms with E-state index in [0.717, 1.165) is 25.1 Å². The lowest BCUT2D eigenvalue weighted by Crippen LogP contribution is -2.57. The molecule has 0 saturated carbocycles. The van der Waals surface area contributed by atoms with Gasteiger partial charge in [-0.2, -0.15) is 0 Å². The third-order valence-electron chi connectivity index (χ3n) is 5.06. The van der Waals surface area contributed by atoms with Gasteiger partial charge in [0.25, 0.3) is 0 Å². The van der Waals surface area contributed by atoms with Gasteiger partial charge in [-0.1, -0.05) is 41.5 Å². The summed E-state index contributed by atoms with van der Waals surface area (Å²) in [5.41, 5.74) is 3.52. The number of piperazine rings is 1. The minimum atomic E-state index is -0.381. The number of aryl methyl sites for hydroxylation is 1. The molecule has 0 aliphatic carbocycles. The fourth-order valence-electron chi connectivity index (χ4n) is 3.58. The lowest BCUT2D eigenvalue weighted by molar-refractivity contribution is -0.150. The van der Waals surface area contributed by atoms with Gasteiger partial charge in [-0.3, -0.25) is 9.59 Å². The average molecular weight is 378 g/mol. The summed E-state index contributed by atoms with van der Waals surface area (Å²) in [5.74, 6) is 0.115. The van der Waals surface area contributed by atoms with Gasteiger partial charge in [0, 0.05) is 32.6 Å². The Kier molecular flexibility index (Phi) is 7.23. The van der Waals surface area contributed by atoms with Crippen LogP contribution in [0.2, 0.25) is 0 Å². The molecule has 26 heavy (non-hydrogen) atoms. The second kappa shape index (κ2) is 9.19. The first-order valence-electron chi connectivity index (χ1n) is 9.07. The Morgan fingerprint density at radius 1 is 1.31 bits per heavy atom.